The van der Waals surface area contributed by atoms with Crippen LogP contribution in [0.3, 0.4) is 0 Å². The Labute approximate surface area is 136 Å². The van der Waals surface area contributed by atoms with E-state index in [1.54, 1.807) is 28.9 Å². The molecule has 0 fully saturated rings. The monoisotopic (exact) mass is 362 g/mol. The van der Waals surface area contributed by atoms with Crippen molar-refractivity contribution in [2.24, 2.45) is 0 Å². The van der Waals surface area contributed by atoms with Crippen LogP contribution in [0.15, 0.2) is 41.0 Å². The van der Waals surface area contributed by atoms with Crippen LogP contribution in [0.5, 0.6) is 0 Å². The predicted octanol–water partition coefficient (Wildman–Crippen LogP) is 4.51. The third-order valence-electron chi connectivity index (χ3n) is 3.42. The Bertz CT molecular complexity index is 800. The van der Waals surface area contributed by atoms with Crippen LogP contribution in [-0.4, -0.2) is 21.1 Å². The average molecular weight is 363 g/mol. The van der Waals surface area contributed by atoms with Crippen molar-refractivity contribution in [3.63, 3.8) is 0 Å². The molecule has 0 unspecified atom stereocenters. The van der Waals surface area contributed by atoms with E-state index in [9.17, 15) is 4.39 Å². The van der Waals surface area contributed by atoms with Gasteiger partial charge >= 0.3 is 0 Å². The zero-order valence-electron chi connectivity index (χ0n) is 12.2. The van der Waals surface area contributed by atoms with Crippen LogP contribution in [0.1, 0.15) is 19.8 Å². The van der Waals surface area contributed by atoms with E-state index in [-0.39, 0.29) is 5.82 Å². The largest absolute Gasteiger partial charge is 0.370 e. The van der Waals surface area contributed by atoms with Gasteiger partial charge in [-0.3, -0.25) is 0 Å². The first kappa shape index (κ1) is 15.0. The molecule has 1 aromatic carbocycles. The fraction of sp³-hybridized carbons (Fsp3) is 0.250. The summed E-state index contributed by atoms with van der Waals surface area (Å²) >= 11 is 3.44. The van der Waals surface area contributed by atoms with Crippen molar-refractivity contribution in [3.05, 3.63) is 46.8 Å². The molecule has 0 aliphatic heterocycles. The number of unbranched alkanes of at least 4 members (excludes halogenated alkanes) is 1. The minimum absolute atomic E-state index is 0.283. The molecule has 0 bridgehead atoms. The van der Waals surface area contributed by atoms with Crippen molar-refractivity contribution in [1.29, 1.82) is 0 Å². The van der Waals surface area contributed by atoms with Crippen LogP contribution in [0, 0.1) is 5.82 Å². The van der Waals surface area contributed by atoms with Gasteiger partial charge in [-0.1, -0.05) is 25.5 Å². The Balaban J connectivity index is 2.11. The van der Waals surface area contributed by atoms with Gasteiger partial charge in [0.1, 0.15) is 11.6 Å². The minimum atomic E-state index is -0.283. The third kappa shape index (κ3) is 2.83. The van der Waals surface area contributed by atoms with Crippen LogP contribution in [-0.2, 0) is 0 Å². The molecule has 0 aliphatic carbocycles. The number of hydrogen-bond acceptors (Lipinski definition) is 3. The molecular weight excluding hydrogens is 347 g/mol. The molecule has 4 nitrogen and oxygen atoms in total. The zero-order chi connectivity index (χ0) is 15.5. The van der Waals surface area contributed by atoms with Crippen LogP contribution in [0.4, 0.5) is 10.2 Å². The van der Waals surface area contributed by atoms with E-state index >= 15 is 0 Å². The Kier molecular flexibility index (Phi) is 4.38. The molecule has 0 saturated heterocycles. The van der Waals surface area contributed by atoms with Crippen LogP contribution >= 0.6 is 15.9 Å². The lowest BCUT2D eigenvalue weighted by Gasteiger charge is -2.11. The number of benzene rings is 1. The summed E-state index contributed by atoms with van der Waals surface area (Å²) in [6.07, 6.45) is 3.85. The molecule has 114 valence electrons. The van der Waals surface area contributed by atoms with Crippen molar-refractivity contribution in [3.8, 4) is 11.3 Å². The van der Waals surface area contributed by atoms with Gasteiger partial charge in [0.05, 0.1) is 16.4 Å². The second kappa shape index (κ2) is 6.44. The van der Waals surface area contributed by atoms with Gasteiger partial charge in [0.25, 0.3) is 0 Å². The molecule has 3 aromatic rings. The number of anilines is 1. The molecule has 0 aliphatic rings. The van der Waals surface area contributed by atoms with Gasteiger partial charge in [0, 0.05) is 18.2 Å². The zero-order valence-corrected chi connectivity index (χ0v) is 13.8. The topological polar surface area (TPSA) is 42.2 Å². The van der Waals surface area contributed by atoms with Crippen molar-refractivity contribution in [1.82, 2.24) is 14.6 Å². The van der Waals surface area contributed by atoms with Gasteiger partial charge in [-0.05, 0) is 34.5 Å². The lowest BCUT2D eigenvalue weighted by atomic mass is 10.1. The highest BCUT2D eigenvalue weighted by Crippen LogP contribution is 2.27. The number of hydrogen-bond donors (Lipinski definition) is 1. The SMILES string of the molecule is CCCCNc1cc(-c2ccccc2F)nc2c(Br)cnn12. The summed E-state index contributed by atoms with van der Waals surface area (Å²) in [4.78, 5) is 4.53. The smallest absolute Gasteiger partial charge is 0.172 e. The number of fused-ring (bicyclic) bond motifs is 1. The lowest BCUT2D eigenvalue weighted by Crippen LogP contribution is -2.08. The van der Waals surface area contributed by atoms with E-state index in [4.69, 9.17) is 0 Å². The van der Waals surface area contributed by atoms with Crippen molar-refractivity contribution in [2.45, 2.75) is 19.8 Å². The van der Waals surface area contributed by atoms with E-state index in [1.165, 1.54) is 6.07 Å². The Morgan fingerprint density at radius 1 is 1.32 bits per heavy atom. The predicted molar refractivity (Wildman–Crippen MR) is 89.5 cm³/mol. The highest BCUT2D eigenvalue weighted by molar-refractivity contribution is 9.10. The highest BCUT2D eigenvalue weighted by atomic mass is 79.9. The van der Waals surface area contributed by atoms with Gasteiger partial charge in [-0.15, -0.1) is 0 Å². The molecule has 0 atom stereocenters. The van der Waals surface area contributed by atoms with Crippen molar-refractivity contribution < 1.29 is 4.39 Å². The van der Waals surface area contributed by atoms with Gasteiger partial charge in [0.15, 0.2) is 5.65 Å². The first-order valence-corrected chi connectivity index (χ1v) is 8.03. The van der Waals surface area contributed by atoms with Crippen molar-refractivity contribution >= 4 is 27.4 Å². The van der Waals surface area contributed by atoms with Gasteiger partial charge < -0.3 is 5.32 Å². The van der Waals surface area contributed by atoms with Crippen LogP contribution in [0.2, 0.25) is 0 Å². The van der Waals surface area contributed by atoms with Gasteiger partial charge in [-0.2, -0.15) is 9.61 Å². The summed E-state index contributed by atoms with van der Waals surface area (Å²) in [6, 6.07) is 8.48. The lowest BCUT2D eigenvalue weighted by molar-refractivity contribution is 0.630. The average Bonchev–Trinajstić information content (AvgIpc) is 2.90. The summed E-state index contributed by atoms with van der Waals surface area (Å²) < 4.78 is 16.6. The van der Waals surface area contributed by atoms with Crippen molar-refractivity contribution in [2.75, 3.05) is 11.9 Å². The summed E-state index contributed by atoms with van der Waals surface area (Å²) in [5.74, 6) is 0.525. The maximum atomic E-state index is 14.0. The van der Waals surface area contributed by atoms with E-state index in [0.29, 0.717) is 16.9 Å². The molecule has 2 aromatic heterocycles. The van der Waals surface area contributed by atoms with Crippen LogP contribution < -0.4 is 5.32 Å². The number of nitrogens with one attached hydrogen (secondary N) is 1. The van der Waals surface area contributed by atoms with E-state index < -0.39 is 0 Å². The summed E-state index contributed by atoms with van der Waals surface area (Å²) in [6.45, 7) is 2.98. The first-order valence-electron chi connectivity index (χ1n) is 7.23. The number of nitrogens with zero attached hydrogens (tertiary/aromatic N) is 3. The Hall–Kier alpha value is -1.95. The molecule has 2 heterocycles. The molecule has 0 saturated carbocycles. The van der Waals surface area contributed by atoms with Gasteiger partial charge in [-0.25, -0.2) is 9.37 Å². The molecule has 6 heteroatoms. The van der Waals surface area contributed by atoms with Gasteiger partial charge in [0.2, 0.25) is 0 Å². The second-order valence-corrected chi connectivity index (χ2v) is 5.87. The summed E-state index contributed by atoms with van der Waals surface area (Å²) in [7, 11) is 0. The normalized spacial score (nSPS) is 11.0. The number of halogens is 2. The first-order chi connectivity index (χ1) is 10.7. The maximum absolute atomic E-state index is 14.0. The summed E-state index contributed by atoms with van der Waals surface area (Å²) in [5, 5.41) is 7.65. The molecule has 0 spiro atoms. The van der Waals surface area contributed by atoms with E-state index in [0.717, 1.165) is 29.7 Å². The molecule has 0 radical (unpaired) electrons. The standard InChI is InChI=1S/C16H16BrFN4/c1-2-3-8-19-15-9-14(11-6-4-5-7-13(11)18)21-16-12(17)10-20-22(15)16/h4-7,9-10,19H,2-3,8H2,1H3. The molecule has 3 rings (SSSR count). The fourth-order valence-electron chi connectivity index (χ4n) is 2.26. The molecule has 0 amide bonds. The fourth-order valence-corrected chi connectivity index (χ4v) is 2.61. The summed E-state index contributed by atoms with van der Waals surface area (Å²) in [5.41, 5.74) is 1.74. The highest BCUT2D eigenvalue weighted by Gasteiger charge is 2.13. The molecular formula is C16H16BrFN4. The van der Waals surface area contributed by atoms with Crippen LogP contribution in [0.25, 0.3) is 16.9 Å². The number of rotatable bonds is 5. The minimum Gasteiger partial charge on any atom is -0.370 e. The quantitative estimate of drug-likeness (QED) is 0.679. The van der Waals surface area contributed by atoms with E-state index in [1.807, 2.05) is 6.07 Å². The molecule has 22 heavy (non-hydrogen) atoms. The molecule has 1 N–H and O–H groups in total. The second-order valence-electron chi connectivity index (χ2n) is 5.01. The Morgan fingerprint density at radius 2 is 2.14 bits per heavy atom. The van der Waals surface area contributed by atoms with E-state index in [2.05, 4.69) is 38.3 Å². The number of aromatic nitrogens is 3. The Morgan fingerprint density at radius 3 is 2.91 bits per heavy atom. The maximum Gasteiger partial charge on any atom is 0.172 e. The third-order valence-corrected chi connectivity index (χ3v) is 3.97.